The topological polar surface area (TPSA) is 66.8 Å². The van der Waals surface area contributed by atoms with E-state index in [9.17, 15) is 0 Å². The molecule has 8 heteroatoms. The van der Waals surface area contributed by atoms with Crippen LogP contribution >= 0.6 is 0 Å². The lowest BCUT2D eigenvalue weighted by molar-refractivity contribution is 0.739. The van der Waals surface area contributed by atoms with Crippen molar-refractivity contribution in [3.8, 4) is 123 Å². The highest BCUT2D eigenvalue weighted by atomic mass is 15.3. The van der Waals surface area contributed by atoms with Gasteiger partial charge in [0.2, 0.25) is 0 Å². The number of amidine groups is 2. The van der Waals surface area contributed by atoms with E-state index in [0.29, 0.717) is 0 Å². The van der Waals surface area contributed by atoms with Crippen LogP contribution in [0.3, 0.4) is 0 Å². The maximum Gasteiger partial charge on any atom is 0.145 e. The number of hydrogen-bond acceptors (Lipinski definition) is 6. The van der Waals surface area contributed by atoms with E-state index in [0.717, 1.165) is 90.4 Å². The molecule has 0 N–H and O–H groups in total. The molecule has 4 unspecified atom stereocenters. The molecule has 4 heterocycles. The van der Waals surface area contributed by atoms with E-state index in [4.69, 9.17) is 20.0 Å². The molecule has 652 valence electrons. The molecular formula is C132H84N8. The van der Waals surface area contributed by atoms with Crippen LogP contribution in [0, 0.1) is 0 Å². The van der Waals surface area contributed by atoms with E-state index in [1.165, 1.54) is 175 Å². The Hall–Kier alpha value is -18.2. The first-order chi connectivity index (χ1) is 69.4. The largest absolute Gasteiger partial charge is 0.317 e. The molecule has 24 aromatic rings. The van der Waals surface area contributed by atoms with Gasteiger partial charge in [0.15, 0.2) is 0 Å². The first-order valence-corrected chi connectivity index (χ1v) is 48.4. The zero-order chi connectivity index (χ0) is 91.7. The van der Waals surface area contributed by atoms with Crippen molar-refractivity contribution >= 4 is 131 Å². The van der Waals surface area contributed by atoms with Crippen molar-refractivity contribution < 1.29 is 0 Å². The van der Waals surface area contributed by atoms with Gasteiger partial charge in [0.05, 0.1) is 46.2 Å². The Labute approximate surface area is 808 Å². The highest BCUT2D eigenvalue weighted by molar-refractivity contribution is 6.30. The van der Waals surface area contributed by atoms with Crippen molar-refractivity contribution in [3.63, 3.8) is 0 Å². The summed E-state index contributed by atoms with van der Waals surface area (Å²) in [5.74, 6) is 3.86. The zero-order valence-electron chi connectivity index (χ0n) is 76.1. The number of aromatic nitrogens is 4. The molecule has 4 aliphatic carbocycles. The Morgan fingerprint density at radius 1 is 0.186 bits per heavy atom. The van der Waals surface area contributed by atoms with Crippen LogP contribution in [-0.2, 0) is 0 Å². The lowest BCUT2D eigenvalue weighted by Crippen LogP contribution is -2.39. The summed E-state index contributed by atoms with van der Waals surface area (Å²) in [7, 11) is 0. The lowest BCUT2D eigenvalue weighted by atomic mass is 9.86. The molecule has 0 amide bonds. The van der Waals surface area contributed by atoms with Crippen molar-refractivity contribution in [2.45, 2.75) is 24.2 Å². The summed E-state index contributed by atoms with van der Waals surface area (Å²) in [5.41, 5.74) is 32.9. The van der Waals surface area contributed by atoms with Gasteiger partial charge in [-0.15, -0.1) is 0 Å². The van der Waals surface area contributed by atoms with Gasteiger partial charge in [0.25, 0.3) is 0 Å². The number of hydrogen-bond donors (Lipinski definition) is 0. The summed E-state index contributed by atoms with van der Waals surface area (Å²) in [4.78, 5) is 25.7. The monoisotopic (exact) mass is 1780 g/mol. The number of para-hydroxylation sites is 6. The molecule has 0 fully saturated rings. The molecule has 8 nitrogen and oxygen atoms in total. The third-order valence-electron chi connectivity index (χ3n) is 30.0. The molecule has 2 aliphatic heterocycles. The minimum atomic E-state index is 0.0717. The molecular weight excluding hydrogens is 1700 g/mol. The number of imidazole rings is 2. The highest BCUT2D eigenvalue weighted by Gasteiger charge is 2.39. The molecule has 0 spiro atoms. The van der Waals surface area contributed by atoms with E-state index in [1.54, 1.807) is 0 Å². The first-order valence-electron chi connectivity index (χ1n) is 48.4. The molecule has 0 saturated carbocycles. The SMILES string of the molecule is C1=CC2N=C(c3ccc(-c4cc5c6cc7c(cc6c(-c6ccc(C8=NC9C=CC=CC9N8c8ccccc8)cc6)cc5c5ccccc45)-c4cccc5cccc-7c45)cc3)N(c3ccccc3)C2C=C1.c1ccc(-c2nc3ccccc3n2-c2ccc(-c3cc4c5cc6c(cc5c(-c5ccc(-n7c(-c8ccccc8)nc8ccccc87)cc5)cc4c4ccccc34)-c3cccc4cccc-6c34)cc2)cc1. The summed E-state index contributed by atoms with van der Waals surface area (Å²) in [6.07, 6.45) is 17.5. The molecule has 140 heavy (non-hydrogen) atoms. The minimum Gasteiger partial charge on any atom is -0.317 e. The fourth-order valence-electron chi connectivity index (χ4n) is 23.6. The van der Waals surface area contributed by atoms with Crippen molar-refractivity contribution in [2.75, 3.05) is 9.80 Å². The van der Waals surface area contributed by atoms with Crippen LogP contribution in [0.25, 0.3) is 231 Å². The number of fused-ring (bicyclic) bond motifs is 20. The van der Waals surface area contributed by atoms with Gasteiger partial charge in [-0.25, -0.2) is 9.97 Å². The van der Waals surface area contributed by atoms with Crippen molar-refractivity contribution in [1.82, 2.24) is 19.1 Å². The zero-order valence-corrected chi connectivity index (χ0v) is 76.1. The van der Waals surface area contributed by atoms with Gasteiger partial charge in [-0.3, -0.25) is 19.1 Å². The second-order valence-electron chi connectivity index (χ2n) is 37.6. The Morgan fingerprint density at radius 3 is 0.850 bits per heavy atom. The summed E-state index contributed by atoms with van der Waals surface area (Å²) in [6.45, 7) is 0. The predicted octanol–water partition coefficient (Wildman–Crippen LogP) is 32.8. The van der Waals surface area contributed by atoms with Crippen LogP contribution in [0.1, 0.15) is 11.1 Å². The Balaban J connectivity index is 0.000000134. The summed E-state index contributed by atoms with van der Waals surface area (Å²) < 4.78 is 4.58. The van der Waals surface area contributed by atoms with Gasteiger partial charge in [0.1, 0.15) is 23.3 Å². The van der Waals surface area contributed by atoms with Gasteiger partial charge >= 0.3 is 0 Å². The molecule has 4 atom stereocenters. The molecule has 22 aromatic carbocycles. The third kappa shape index (κ3) is 12.5. The molecule has 0 radical (unpaired) electrons. The molecule has 6 aliphatic rings. The second-order valence-corrected chi connectivity index (χ2v) is 37.6. The Morgan fingerprint density at radius 2 is 0.471 bits per heavy atom. The van der Waals surface area contributed by atoms with Crippen LogP contribution < -0.4 is 9.80 Å². The molecule has 2 aromatic heterocycles. The minimum absolute atomic E-state index is 0.0717. The Kier molecular flexibility index (Phi) is 17.9. The average Bonchev–Trinajstić information content (AvgIpc) is 1.40. The molecule has 0 saturated heterocycles. The standard InChI is InChI=1S/C66H44N4.C66H40N4/c1-3-17-46(18-4-1)69-62-27-11-9-25-60(62)67-65(69)44-33-29-41(30-34-44)52-37-58-54(49-22-8-7-21-48(49)52)38-53(57-39-55-50-23-13-15-43-16-14-24-51(64(43)50)56(55)40-59(57)58)42-31-35-45(36-32-42)66-68-61-26-10-12-28-63(61)70(66)47-19-5-2-6-20-47;1-3-15-44(16-4-1)65-67-60-25-9-11-27-62(60)69(65)46-33-29-41(30-34-46)52-37-58-54(49-22-8-7-21-48(49)52)38-53(57-39-55-50-23-13-19-43-20-14-24-51(64(43)50)56(55)40-59(57)58)42-31-35-47(36-32-42)70-63-28-12-10-26-61(63)68-66(70)45-17-5-2-6-18-45/h1-40,60-63H;1-40H. The predicted molar refractivity (Wildman–Crippen MR) is 586 cm³/mol. The van der Waals surface area contributed by atoms with Crippen LogP contribution in [0.5, 0.6) is 0 Å². The summed E-state index contributed by atoms with van der Waals surface area (Å²) in [5, 5.41) is 20.1. The van der Waals surface area contributed by atoms with Crippen LogP contribution in [0.2, 0.25) is 0 Å². The van der Waals surface area contributed by atoms with Gasteiger partial charge in [-0.05, 0) is 297 Å². The normalized spacial score (nSPS) is 15.7. The van der Waals surface area contributed by atoms with Crippen molar-refractivity contribution in [1.29, 1.82) is 0 Å². The van der Waals surface area contributed by atoms with E-state index >= 15 is 0 Å². The van der Waals surface area contributed by atoms with Crippen molar-refractivity contribution in [3.05, 3.63) is 497 Å². The van der Waals surface area contributed by atoms with Crippen LogP contribution in [-0.4, -0.2) is 54.9 Å². The maximum atomic E-state index is 5.32. The fraction of sp³-hybridized carbons (Fsp3) is 0.0303. The Bertz CT molecular complexity index is 9530. The van der Waals surface area contributed by atoms with E-state index < -0.39 is 0 Å². The van der Waals surface area contributed by atoms with Gasteiger partial charge in [0, 0.05) is 45.0 Å². The van der Waals surface area contributed by atoms with E-state index in [1.807, 2.05) is 0 Å². The summed E-state index contributed by atoms with van der Waals surface area (Å²) in [6, 6.07) is 161. The number of benzene rings is 22. The fourth-order valence-corrected chi connectivity index (χ4v) is 23.6. The average molecular weight is 1780 g/mol. The smallest absolute Gasteiger partial charge is 0.145 e. The van der Waals surface area contributed by atoms with Crippen LogP contribution in [0.15, 0.2) is 495 Å². The summed E-state index contributed by atoms with van der Waals surface area (Å²) >= 11 is 0. The quantitative estimate of drug-likeness (QED) is 0.114. The third-order valence-corrected chi connectivity index (χ3v) is 30.0. The van der Waals surface area contributed by atoms with E-state index in [-0.39, 0.29) is 24.2 Å². The molecule has 0 bridgehead atoms. The number of allylic oxidation sites excluding steroid dienone is 4. The number of nitrogens with zero attached hydrogens (tertiary/aromatic N) is 8. The lowest BCUT2D eigenvalue weighted by Gasteiger charge is -2.29. The van der Waals surface area contributed by atoms with Crippen molar-refractivity contribution in [2.24, 2.45) is 9.98 Å². The van der Waals surface area contributed by atoms with Gasteiger partial charge in [-0.2, -0.15) is 0 Å². The van der Waals surface area contributed by atoms with Gasteiger partial charge in [-0.1, -0.05) is 364 Å². The van der Waals surface area contributed by atoms with E-state index in [2.05, 4.69) is 504 Å². The number of rotatable bonds is 12. The van der Waals surface area contributed by atoms with Crippen LogP contribution in [0.4, 0.5) is 11.4 Å². The number of aliphatic imine (C=N–C) groups is 2. The second kappa shape index (κ2) is 31.7. The molecule has 30 rings (SSSR count). The maximum absolute atomic E-state index is 5.32. The first kappa shape index (κ1) is 79.2. The van der Waals surface area contributed by atoms with Gasteiger partial charge < -0.3 is 9.80 Å². The highest BCUT2D eigenvalue weighted by Crippen LogP contribution is 2.55. The number of anilines is 2.